The Morgan fingerprint density at radius 2 is 1.96 bits per heavy atom. The molecule has 0 saturated heterocycles. The molecule has 2 aliphatic rings. The molecule has 2 aromatic carbocycles. The van der Waals surface area contributed by atoms with E-state index in [0.29, 0.717) is 63.5 Å². The Kier molecular flexibility index (Phi) is 7.85. The highest BCUT2D eigenvalue weighted by Gasteiger charge is 2.32. The molecule has 12 heteroatoms. The maximum absolute atomic E-state index is 16.0. The van der Waals surface area contributed by atoms with E-state index in [9.17, 15) is 19.1 Å². The molecule has 5 heterocycles. The number of hydrogen-bond acceptors (Lipinski definition) is 7. The standard InChI is InChI=1S/C35H31F2N5O4S/c1-4-29(44)41-10-11-42-27(19(41)2)18-26(39-42)33-31(30-25(37)16-22(36)17-28(30)46-13-12-43)34-23(8-14-47-34)32(38-33)21-6-5-20-7-9-40(3)35(45)24(20)15-21/h4-6,8,14-19,43H,1,7,9-13H2,2-3H3. The summed E-state index contributed by atoms with van der Waals surface area (Å²) in [5, 5.41) is 17.0. The molecular weight excluding hydrogens is 624 g/mol. The number of aliphatic hydroxyl groups excluding tert-OH is 1. The van der Waals surface area contributed by atoms with Crippen molar-refractivity contribution in [2.75, 3.05) is 33.4 Å². The lowest BCUT2D eigenvalue weighted by Gasteiger charge is -2.33. The van der Waals surface area contributed by atoms with E-state index >= 15 is 4.39 Å². The van der Waals surface area contributed by atoms with E-state index in [1.807, 2.05) is 47.3 Å². The predicted molar refractivity (Wildman–Crippen MR) is 175 cm³/mol. The van der Waals surface area contributed by atoms with Crippen molar-refractivity contribution in [2.24, 2.45) is 0 Å². The van der Waals surface area contributed by atoms with Crippen molar-refractivity contribution in [1.29, 1.82) is 0 Å². The van der Waals surface area contributed by atoms with Gasteiger partial charge >= 0.3 is 0 Å². The molecule has 3 aromatic heterocycles. The first kappa shape index (κ1) is 30.7. The molecular formula is C35H31F2N5O4S. The SMILES string of the molecule is C=CC(=O)N1CCn2nc(-c3nc(-c4ccc5c(c4)C(=O)N(C)CC5)c4ccsc4c3-c3c(F)cc(F)cc3OCCO)cc2C1C. The summed E-state index contributed by atoms with van der Waals surface area (Å²) in [6.07, 6.45) is 2.03. The van der Waals surface area contributed by atoms with Crippen LogP contribution in [0.25, 0.3) is 43.9 Å². The number of rotatable bonds is 7. The molecule has 47 heavy (non-hydrogen) atoms. The van der Waals surface area contributed by atoms with E-state index in [1.54, 1.807) is 16.8 Å². The number of carbonyl (C=O) groups is 2. The highest BCUT2D eigenvalue weighted by atomic mass is 32.1. The second-order valence-electron chi connectivity index (χ2n) is 11.6. The molecule has 7 rings (SSSR count). The number of benzene rings is 2. The molecule has 9 nitrogen and oxygen atoms in total. The van der Waals surface area contributed by atoms with Crippen molar-refractivity contribution in [3.63, 3.8) is 0 Å². The van der Waals surface area contributed by atoms with Crippen molar-refractivity contribution in [1.82, 2.24) is 24.6 Å². The first-order valence-electron chi connectivity index (χ1n) is 15.2. The molecule has 0 spiro atoms. The minimum absolute atomic E-state index is 0.00826. The molecule has 2 amide bonds. The zero-order chi connectivity index (χ0) is 33.0. The number of carbonyl (C=O) groups excluding carboxylic acids is 2. The fourth-order valence-electron chi connectivity index (χ4n) is 6.50. The van der Waals surface area contributed by atoms with Crippen molar-refractivity contribution in [2.45, 2.75) is 25.9 Å². The van der Waals surface area contributed by atoms with Crippen LogP contribution >= 0.6 is 11.3 Å². The second kappa shape index (κ2) is 12.0. The number of fused-ring (bicyclic) bond motifs is 3. The smallest absolute Gasteiger partial charge is 0.253 e. The number of halogens is 2. The molecule has 5 aromatic rings. The number of amides is 2. The Hall–Kier alpha value is -4.94. The van der Waals surface area contributed by atoms with E-state index < -0.39 is 11.6 Å². The van der Waals surface area contributed by atoms with Crippen LogP contribution in [0.3, 0.4) is 0 Å². The second-order valence-corrected chi connectivity index (χ2v) is 12.5. The van der Waals surface area contributed by atoms with E-state index in [2.05, 4.69) is 6.58 Å². The molecule has 2 aliphatic heterocycles. The summed E-state index contributed by atoms with van der Waals surface area (Å²) in [6.45, 7) is 6.50. The van der Waals surface area contributed by atoms with Gasteiger partial charge in [-0.1, -0.05) is 18.7 Å². The van der Waals surface area contributed by atoms with Crippen LogP contribution in [0, 0.1) is 11.6 Å². The van der Waals surface area contributed by atoms with Crippen LogP contribution in [0.1, 0.15) is 34.6 Å². The quantitative estimate of drug-likeness (QED) is 0.221. The lowest BCUT2D eigenvalue weighted by atomic mass is 9.93. The molecule has 1 unspecified atom stereocenters. The maximum Gasteiger partial charge on any atom is 0.253 e. The van der Waals surface area contributed by atoms with Crippen molar-refractivity contribution >= 4 is 33.2 Å². The third-order valence-electron chi connectivity index (χ3n) is 8.86. The third-order valence-corrected chi connectivity index (χ3v) is 9.79. The van der Waals surface area contributed by atoms with Gasteiger partial charge in [0.2, 0.25) is 5.91 Å². The van der Waals surface area contributed by atoms with Gasteiger partial charge in [0, 0.05) is 59.0 Å². The number of thiophene rings is 1. The zero-order valence-corrected chi connectivity index (χ0v) is 26.6. The number of likely N-dealkylation sites (N-methyl/N-ethyl adjacent to an activating group) is 1. The van der Waals surface area contributed by atoms with Gasteiger partial charge < -0.3 is 19.6 Å². The molecule has 1 atom stereocenters. The molecule has 0 fully saturated rings. The zero-order valence-electron chi connectivity index (χ0n) is 25.8. The number of aromatic nitrogens is 3. The van der Waals surface area contributed by atoms with Crippen LogP contribution < -0.4 is 4.74 Å². The van der Waals surface area contributed by atoms with Gasteiger partial charge in [0.05, 0.1) is 36.1 Å². The number of pyridine rings is 1. The number of ether oxygens (including phenoxy) is 1. The van der Waals surface area contributed by atoms with Crippen LogP contribution in [0.15, 0.2) is 60.5 Å². The first-order chi connectivity index (χ1) is 22.7. The largest absolute Gasteiger partial charge is 0.490 e. The van der Waals surface area contributed by atoms with E-state index in [0.717, 1.165) is 29.8 Å². The van der Waals surface area contributed by atoms with Gasteiger partial charge in [-0.2, -0.15) is 5.10 Å². The van der Waals surface area contributed by atoms with Crippen LogP contribution in [-0.2, 0) is 17.8 Å². The van der Waals surface area contributed by atoms with E-state index in [1.165, 1.54) is 17.4 Å². The number of nitrogens with zero attached hydrogens (tertiary/aromatic N) is 5. The first-order valence-corrected chi connectivity index (χ1v) is 16.1. The summed E-state index contributed by atoms with van der Waals surface area (Å²) in [7, 11) is 1.78. The van der Waals surface area contributed by atoms with Crippen LogP contribution in [-0.4, -0.2) is 74.8 Å². The summed E-state index contributed by atoms with van der Waals surface area (Å²) in [4.78, 5) is 34.3. The van der Waals surface area contributed by atoms with Crippen LogP contribution in [0.4, 0.5) is 8.78 Å². The van der Waals surface area contributed by atoms with Crippen molar-refractivity contribution in [3.8, 4) is 39.5 Å². The van der Waals surface area contributed by atoms with Gasteiger partial charge in [-0.25, -0.2) is 13.8 Å². The Morgan fingerprint density at radius 3 is 2.74 bits per heavy atom. The van der Waals surface area contributed by atoms with Gasteiger partial charge in [-0.3, -0.25) is 14.3 Å². The Labute approximate surface area is 273 Å². The summed E-state index contributed by atoms with van der Waals surface area (Å²) in [5.74, 6) is -2.02. The summed E-state index contributed by atoms with van der Waals surface area (Å²) in [6, 6.07) is 11.0. The minimum Gasteiger partial charge on any atom is -0.490 e. The molecule has 0 radical (unpaired) electrons. The summed E-state index contributed by atoms with van der Waals surface area (Å²) >= 11 is 1.37. The fraction of sp³-hybridized carbons (Fsp3) is 0.257. The maximum atomic E-state index is 16.0. The van der Waals surface area contributed by atoms with Crippen LogP contribution in [0.5, 0.6) is 5.75 Å². The lowest BCUT2D eigenvalue weighted by molar-refractivity contribution is -0.129. The molecule has 1 N–H and O–H groups in total. The number of hydrogen-bond donors (Lipinski definition) is 1. The Balaban J connectivity index is 1.50. The Morgan fingerprint density at radius 1 is 1.13 bits per heavy atom. The average Bonchev–Trinajstić information content (AvgIpc) is 3.73. The highest BCUT2D eigenvalue weighted by molar-refractivity contribution is 7.18. The highest BCUT2D eigenvalue weighted by Crippen LogP contribution is 2.47. The predicted octanol–water partition coefficient (Wildman–Crippen LogP) is 5.86. The third kappa shape index (κ3) is 5.17. The van der Waals surface area contributed by atoms with Gasteiger partial charge in [-0.15, -0.1) is 11.3 Å². The average molecular weight is 656 g/mol. The Bertz CT molecular complexity index is 2090. The van der Waals surface area contributed by atoms with Crippen molar-refractivity contribution < 1.29 is 28.2 Å². The van der Waals surface area contributed by atoms with Crippen molar-refractivity contribution in [3.05, 3.63) is 89.0 Å². The van der Waals surface area contributed by atoms with Gasteiger partial charge in [0.25, 0.3) is 5.91 Å². The molecule has 0 bridgehead atoms. The summed E-state index contributed by atoms with van der Waals surface area (Å²) in [5.41, 5.74) is 4.72. The summed E-state index contributed by atoms with van der Waals surface area (Å²) < 4.78 is 38.7. The normalized spacial score (nSPS) is 15.9. The minimum atomic E-state index is -0.856. The van der Waals surface area contributed by atoms with E-state index in [-0.39, 0.29) is 42.4 Å². The molecule has 0 aliphatic carbocycles. The van der Waals surface area contributed by atoms with E-state index in [4.69, 9.17) is 14.8 Å². The lowest BCUT2D eigenvalue weighted by Crippen LogP contribution is -2.40. The van der Waals surface area contributed by atoms with Gasteiger partial charge in [-0.05, 0) is 48.6 Å². The molecule has 240 valence electrons. The topological polar surface area (TPSA) is 101 Å². The molecule has 0 saturated carbocycles. The van der Waals surface area contributed by atoms with Crippen LogP contribution in [0.2, 0.25) is 0 Å². The number of aliphatic hydroxyl groups is 1. The van der Waals surface area contributed by atoms with Gasteiger partial charge in [0.15, 0.2) is 0 Å². The monoisotopic (exact) mass is 655 g/mol. The fourth-order valence-corrected chi connectivity index (χ4v) is 7.45. The van der Waals surface area contributed by atoms with Gasteiger partial charge in [0.1, 0.15) is 35.4 Å².